The van der Waals surface area contributed by atoms with E-state index in [1.165, 1.54) is 0 Å². The van der Waals surface area contributed by atoms with Crippen molar-refractivity contribution in [2.45, 2.75) is 103 Å². The summed E-state index contributed by atoms with van der Waals surface area (Å²) in [5.74, 6) is 0.531. The zero-order chi connectivity index (χ0) is 20.1. The molecule has 0 fully saturated rings. The van der Waals surface area contributed by atoms with Crippen LogP contribution >= 0.6 is 0 Å². The summed E-state index contributed by atoms with van der Waals surface area (Å²) in [6.07, 6.45) is 3.89. The molecule has 0 heterocycles. The van der Waals surface area contributed by atoms with Crippen LogP contribution in [0.15, 0.2) is 12.4 Å². The third kappa shape index (κ3) is 11.7. The molecular formula is C19H42N6. The molecule has 0 rings (SSSR count). The summed E-state index contributed by atoms with van der Waals surface area (Å²) in [5, 5.41) is 17.5. The Hall–Kier alpha value is -1.43. The van der Waals surface area contributed by atoms with Crippen molar-refractivity contribution < 1.29 is 0 Å². The number of hydrogen-bond donors (Lipinski definition) is 6. The van der Waals surface area contributed by atoms with Crippen molar-refractivity contribution in [1.29, 1.82) is 5.41 Å². The van der Waals surface area contributed by atoms with E-state index < -0.39 is 0 Å². The van der Waals surface area contributed by atoms with Crippen molar-refractivity contribution in [3.8, 4) is 0 Å². The molecule has 0 radical (unpaired) electrons. The van der Waals surface area contributed by atoms with Crippen LogP contribution in [-0.4, -0.2) is 28.1 Å². The predicted octanol–water partition coefficient (Wildman–Crippen LogP) is 2.75. The molecule has 0 aliphatic carbocycles. The van der Waals surface area contributed by atoms with Gasteiger partial charge in [0.1, 0.15) is 0 Å². The smallest absolute Gasteiger partial charge is 0.186 e. The first-order valence-electron chi connectivity index (χ1n) is 9.10. The molecule has 6 heteroatoms. The lowest BCUT2D eigenvalue weighted by Crippen LogP contribution is -2.54. The average molecular weight is 355 g/mol. The van der Waals surface area contributed by atoms with Gasteiger partial charge in [-0.2, -0.15) is 0 Å². The highest BCUT2D eigenvalue weighted by molar-refractivity contribution is 5.75. The molecule has 0 aliphatic rings. The molecule has 0 amide bonds. The molecule has 0 spiro atoms. The van der Waals surface area contributed by atoms with E-state index in [-0.39, 0.29) is 28.1 Å². The molecule has 148 valence electrons. The van der Waals surface area contributed by atoms with Gasteiger partial charge in [0.2, 0.25) is 0 Å². The van der Waals surface area contributed by atoms with Crippen LogP contribution < -0.4 is 27.4 Å². The first-order valence-corrected chi connectivity index (χ1v) is 9.10. The highest BCUT2D eigenvalue weighted by atomic mass is 15.1. The molecule has 0 aliphatic heterocycles. The van der Waals surface area contributed by atoms with Gasteiger partial charge in [0.05, 0.1) is 5.82 Å². The number of guanidine groups is 1. The van der Waals surface area contributed by atoms with E-state index in [0.717, 1.165) is 25.7 Å². The standard InChI is InChI=1S/C19H42N6/c1-14(20)23-16(2,3)10-12-18(6,7)25-19(8,9)13-11-17(4,5)24-15(21)22/h23,25H,1,10-13,20H2,2-9H3,(H4,21,22,24). The van der Waals surface area contributed by atoms with Gasteiger partial charge in [0, 0.05) is 22.2 Å². The molecule has 25 heavy (non-hydrogen) atoms. The van der Waals surface area contributed by atoms with Gasteiger partial charge in [0.25, 0.3) is 0 Å². The number of rotatable bonds is 11. The SMILES string of the molecule is C=C(N)NC(C)(C)CCC(C)(C)NC(C)(C)CCC(C)(C)NC(=N)N. The van der Waals surface area contributed by atoms with Crippen LogP contribution in [0.4, 0.5) is 0 Å². The molecule has 0 aromatic carbocycles. The highest BCUT2D eigenvalue weighted by Crippen LogP contribution is 2.25. The molecule has 0 saturated heterocycles. The molecule has 0 aromatic heterocycles. The Labute approximate surface area is 155 Å². The maximum atomic E-state index is 7.42. The van der Waals surface area contributed by atoms with Crippen molar-refractivity contribution in [3.63, 3.8) is 0 Å². The summed E-state index contributed by atoms with van der Waals surface area (Å²) in [4.78, 5) is 0. The third-order valence-electron chi connectivity index (χ3n) is 4.40. The normalized spacial score (nSPS) is 13.4. The lowest BCUT2D eigenvalue weighted by molar-refractivity contribution is 0.205. The summed E-state index contributed by atoms with van der Waals surface area (Å²) in [6.45, 7) is 21.1. The van der Waals surface area contributed by atoms with Gasteiger partial charge in [-0.05, 0) is 81.1 Å². The van der Waals surface area contributed by atoms with Gasteiger partial charge in [-0.25, -0.2) is 0 Å². The molecule has 0 atom stereocenters. The largest absolute Gasteiger partial charge is 0.386 e. The van der Waals surface area contributed by atoms with Crippen LogP contribution in [0.1, 0.15) is 81.1 Å². The quantitative estimate of drug-likeness (QED) is 0.252. The van der Waals surface area contributed by atoms with Crippen molar-refractivity contribution in [1.82, 2.24) is 16.0 Å². The van der Waals surface area contributed by atoms with Gasteiger partial charge in [-0.15, -0.1) is 0 Å². The van der Waals surface area contributed by atoms with E-state index >= 15 is 0 Å². The zero-order valence-corrected chi connectivity index (χ0v) is 17.7. The maximum Gasteiger partial charge on any atom is 0.186 e. The van der Waals surface area contributed by atoms with E-state index in [0.29, 0.717) is 5.82 Å². The summed E-state index contributed by atoms with van der Waals surface area (Å²) in [6, 6.07) is 0. The number of nitrogens with one attached hydrogen (secondary N) is 4. The molecule has 6 nitrogen and oxygen atoms in total. The van der Waals surface area contributed by atoms with Crippen LogP contribution in [-0.2, 0) is 0 Å². The van der Waals surface area contributed by atoms with Crippen LogP contribution in [0.5, 0.6) is 0 Å². The van der Waals surface area contributed by atoms with Gasteiger partial charge >= 0.3 is 0 Å². The minimum atomic E-state index is -0.192. The lowest BCUT2D eigenvalue weighted by atomic mass is 9.84. The Bertz CT molecular complexity index is 421. The Kier molecular flexibility index (Phi) is 7.82. The molecule has 8 N–H and O–H groups in total. The summed E-state index contributed by atoms with van der Waals surface area (Å²) >= 11 is 0. The van der Waals surface area contributed by atoms with Gasteiger partial charge in [-0.3, -0.25) is 5.41 Å². The predicted molar refractivity (Wildman–Crippen MR) is 109 cm³/mol. The number of hydrogen-bond acceptors (Lipinski definition) is 4. The molecule has 0 saturated carbocycles. The van der Waals surface area contributed by atoms with E-state index in [1.54, 1.807) is 0 Å². The Balaban J connectivity index is 4.64. The second kappa shape index (κ2) is 8.30. The minimum Gasteiger partial charge on any atom is -0.386 e. The first kappa shape index (κ1) is 23.6. The summed E-state index contributed by atoms with van der Waals surface area (Å²) in [5.41, 5.74) is 10.9. The molecule has 0 aromatic rings. The van der Waals surface area contributed by atoms with Crippen molar-refractivity contribution >= 4 is 5.96 Å². The van der Waals surface area contributed by atoms with Gasteiger partial charge < -0.3 is 27.4 Å². The first-order chi connectivity index (χ1) is 11.0. The average Bonchev–Trinajstić information content (AvgIpc) is 2.30. The lowest BCUT2D eigenvalue weighted by Gasteiger charge is -2.41. The van der Waals surface area contributed by atoms with Crippen LogP contribution in [0.3, 0.4) is 0 Å². The summed E-state index contributed by atoms with van der Waals surface area (Å²) in [7, 11) is 0. The second-order valence-corrected chi connectivity index (χ2v) is 9.85. The monoisotopic (exact) mass is 354 g/mol. The van der Waals surface area contributed by atoms with Crippen LogP contribution in [0.2, 0.25) is 0 Å². The fourth-order valence-corrected chi connectivity index (χ4v) is 3.22. The van der Waals surface area contributed by atoms with E-state index in [1.807, 2.05) is 0 Å². The minimum absolute atomic E-state index is 0.00344. The van der Waals surface area contributed by atoms with Crippen LogP contribution in [0.25, 0.3) is 0 Å². The van der Waals surface area contributed by atoms with E-state index in [9.17, 15) is 0 Å². The van der Waals surface area contributed by atoms with Crippen molar-refractivity contribution in [2.24, 2.45) is 11.5 Å². The Morgan fingerprint density at radius 2 is 1.04 bits per heavy atom. The molecule has 0 bridgehead atoms. The van der Waals surface area contributed by atoms with Crippen molar-refractivity contribution in [3.05, 3.63) is 12.4 Å². The fourth-order valence-electron chi connectivity index (χ4n) is 3.22. The van der Waals surface area contributed by atoms with Gasteiger partial charge in [0.15, 0.2) is 5.96 Å². The van der Waals surface area contributed by atoms with E-state index in [2.05, 4.69) is 77.9 Å². The maximum absolute atomic E-state index is 7.42. The van der Waals surface area contributed by atoms with E-state index in [4.69, 9.17) is 16.9 Å². The summed E-state index contributed by atoms with van der Waals surface area (Å²) < 4.78 is 0. The van der Waals surface area contributed by atoms with Crippen molar-refractivity contribution in [2.75, 3.05) is 0 Å². The highest BCUT2D eigenvalue weighted by Gasteiger charge is 2.31. The zero-order valence-electron chi connectivity index (χ0n) is 17.7. The van der Waals surface area contributed by atoms with Gasteiger partial charge in [-0.1, -0.05) is 6.58 Å². The number of nitrogens with two attached hydrogens (primary N) is 2. The molecule has 0 unspecified atom stereocenters. The topological polar surface area (TPSA) is 112 Å². The van der Waals surface area contributed by atoms with Crippen LogP contribution in [0, 0.1) is 5.41 Å². The Morgan fingerprint density at radius 3 is 1.36 bits per heavy atom. The Morgan fingerprint density at radius 1 is 0.720 bits per heavy atom. The molecular weight excluding hydrogens is 312 g/mol. The fraction of sp³-hybridized carbons (Fsp3) is 0.842. The second-order valence-electron chi connectivity index (χ2n) is 9.85. The third-order valence-corrected chi connectivity index (χ3v) is 4.40.